The fourth-order valence-electron chi connectivity index (χ4n) is 1.76. The Morgan fingerprint density at radius 3 is 2.64 bits per heavy atom. The van der Waals surface area contributed by atoms with E-state index in [2.05, 4.69) is 10.6 Å². The van der Waals surface area contributed by atoms with Crippen LogP contribution in [0.25, 0.3) is 0 Å². The summed E-state index contributed by atoms with van der Waals surface area (Å²) in [5.74, 6) is 0.378. The van der Waals surface area contributed by atoms with Gasteiger partial charge in [-0.3, -0.25) is 0 Å². The van der Waals surface area contributed by atoms with Crippen molar-refractivity contribution in [2.75, 3.05) is 18.5 Å². The van der Waals surface area contributed by atoms with Crippen LogP contribution in [0.1, 0.15) is 5.56 Å². The smallest absolute Gasteiger partial charge is 0.319 e. The van der Waals surface area contributed by atoms with Gasteiger partial charge in [0.05, 0.1) is 6.54 Å². The molecule has 2 amide bonds. The molecule has 6 heteroatoms. The highest BCUT2D eigenvalue weighted by atomic mass is 35.5. The van der Waals surface area contributed by atoms with Gasteiger partial charge in [0.1, 0.15) is 18.2 Å². The minimum Gasteiger partial charge on any atom is -0.492 e. The molecule has 0 heterocycles. The molecule has 0 saturated carbocycles. The number of aryl methyl sites for hydroxylation is 1. The molecular formula is C16H16ClFN2O2. The van der Waals surface area contributed by atoms with Crippen molar-refractivity contribution < 1.29 is 13.9 Å². The number of ether oxygens (including phenoxy) is 1. The van der Waals surface area contributed by atoms with Gasteiger partial charge in [-0.2, -0.15) is 0 Å². The van der Waals surface area contributed by atoms with Crippen molar-refractivity contribution in [2.24, 2.45) is 0 Å². The predicted molar refractivity (Wildman–Crippen MR) is 85.1 cm³/mol. The predicted octanol–water partition coefficient (Wildman–Crippen LogP) is 3.99. The highest BCUT2D eigenvalue weighted by Crippen LogP contribution is 2.15. The second-order valence-electron chi connectivity index (χ2n) is 4.65. The van der Waals surface area contributed by atoms with E-state index in [9.17, 15) is 9.18 Å². The van der Waals surface area contributed by atoms with Crippen LogP contribution >= 0.6 is 11.6 Å². The number of anilines is 1. The first-order chi connectivity index (χ1) is 10.5. The minimum atomic E-state index is -0.370. The molecule has 0 radical (unpaired) electrons. The van der Waals surface area contributed by atoms with Crippen LogP contribution in [0.15, 0.2) is 42.5 Å². The van der Waals surface area contributed by atoms with Gasteiger partial charge in [-0.25, -0.2) is 9.18 Å². The number of hydrogen-bond donors (Lipinski definition) is 2. The molecule has 0 fully saturated rings. The van der Waals surface area contributed by atoms with Crippen molar-refractivity contribution in [2.45, 2.75) is 6.92 Å². The number of urea groups is 1. The van der Waals surface area contributed by atoms with E-state index < -0.39 is 0 Å². The highest BCUT2D eigenvalue weighted by Gasteiger charge is 2.03. The van der Waals surface area contributed by atoms with Gasteiger partial charge in [0.2, 0.25) is 0 Å². The molecule has 0 aromatic heterocycles. The van der Waals surface area contributed by atoms with Crippen molar-refractivity contribution >= 4 is 23.3 Å². The van der Waals surface area contributed by atoms with E-state index in [0.29, 0.717) is 35.2 Å². The van der Waals surface area contributed by atoms with E-state index in [4.69, 9.17) is 16.3 Å². The van der Waals surface area contributed by atoms with E-state index >= 15 is 0 Å². The van der Waals surface area contributed by atoms with Crippen molar-refractivity contribution in [3.8, 4) is 5.75 Å². The maximum atomic E-state index is 13.1. The Kier molecular flexibility index (Phi) is 5.61. The molecule has 0 aliphatic carbocycles. The number of benzene rings is 2. The van der Waals surface area contributed by atoms with Crippen molar-refractivity contribution in [3.63, 3.8) is 0 Å². The summed E-state index contributed by atoms with van der Waals surface area (Å²) < 4.78 is 18.6. The minimum absolute atomic E-state index is 0.303. The lowest BCUT2D eigenvalue weighted by Crippen LogP contribution is -2.32. The SMILES string of the molecule is Cc1cc(NC(=O)NCCOc2ccc(Cl)cc2)ccc1F. The third-order valence-corrected chi connectivity index (χ3v) is 3.14. The molecule has 116 valence electrons. The largest absolute Gasteiger partial charge is 0.492 e. The molecule has 22 heavy (non-hydrogen) atoms. The quantitative estimate of drug-likeness (QED) is 0.818. The zero-order chi connectivity index (χ0) is 15.9. The summed E-state index contributed by atoms with van der Waals surface area (Å²) in [6.45, 7) is 2.31. The van der Waals surface area contributed by atoms with Crippen LogP contribution in [0.4, 0.5) is 14.9 Å². The summed E-state index contributed by atoms with van der Waals surface area (Å²) in [6, 6.07) is 11.0. The monoisotopic (exact) mass is 322 g/mol. The zero-order valence-corrected chi connectivity index (χ0v) is 12.8. The van der Waals surface area contributed by atoms with Gasteiger partial charge in [0.15, 0.2) is 0 Å². The van der Waals surface area contributed by atoms with Crippen LogP contribution in [0.2, 0.25) is 5.02 Å². The summed E-state index contributed by atoms with van der Waals surface area (Å²) in [7, 11) is 0. The van der Waals surface area contributed by atoms with Gasteiger partial charge in [-0.1, -0.05) is 11.6 Å². The van der Waals surface area contributed by atoms with Gasteiger partial charge in [0.25, 0.3) is 0 Å². The average Bonchev–Trinajstić information content (AvgIpc) is 2.49. The van der Waals surface area contributed by atoms with Crippen LogP contribution in [-0.4, -0.2) is 19.2 Å². The lowest BCUT2D eigenvalue weighted by molar-refractivity contribution is 0.247. The fourth-order valence-corrected chi connectivity index (χ4v) is 1.89. The third-order valence-electron chi connectivity index (χ3n) is 2.89. The van der Waals surface area contributed by atoms with E-state index in [1.165, 1.54) is 12.1 Å². The molecule has 0 saturated heterocycles. The van der Waals surface area contributed by atoms with Gasteiger partial charge in [-0.15, -0.1) is 0 Å². The molecule has 0 aliphatic rings. The Morgan fingerprint density at radius 1 is 1.23 bits per heavy atom. The van der Waals surface area contributed by atoms with E-state index in [1.54, 1.807) is 37.3 Å². The van der Waals surface area contributed by atoms with Crippen molar-refractivity contribution in [1.29, 1.82) is 0 Å². The maximum Gasteiger partial charge on any atom is 0.319 e. The summed E-state index contributed by atoms with van der Waals surface area (Å²) in [5, 5.41) is 5.92. The van der Waals surface area contributed by atoms with Gasteiger partial charge in [-0.05, 0) is 55.0 Å². The van der Waals surface area contributed by atoms with Crippen LogP contribution in [0.5, 0.6) is 5.75 Å². The molecule has 2 N–H and O–H groups in total. The number of carbonyl (C=O) groups excluding carboxylic acids is 1. The molecule has 0 atom stereocenters. The number of amides is 2. The Labute approximate surface area is 133 Å². The first kappa shape index (κ1) is 16.1. The van der Waals surface area contributed by atoms with E-state index in [1.807, 2.05) is 0 Å². The van der Waals surface area contributed by atoms with E-state index in [-0.39, 0.29) is 11.8 Å². The summed E-state index contributed by atoms with van der Waals surface area (Å²) in [6.07, 6.45) is 0. The number of nitrogens with one attached hydrogen (secondary N) is 2. The Bertz CT molecular complexity index is 647. The second-order valence-corrected chi connectivity index (χ2v) is 5.08. The molecule has 2 aromatic carbocycles. The molecule has 4 nitrogen and oxygen atoms in total. The first-order valence-corrected chi connectivity index (χ1v) is 7.12. The topological polar surface area (TPSA) is 50.4 Å². The van der Waals surface area contributed by atoms with Gasteiger partial charge >= 0.3 is 6.03 Å². The van der Waals surface area contributed by atoms with Crippen LogP contribution in [0.3, 0.4) is 0 Å². The molecule has 2 aromatic rings. The Balaban J connectivity index is 1.71. The molecule has 2 rings (SSSR count). The van der Waals surface area contributed by atoms with Gasteiger partial charge in [0, 0.05) is 10.7 Å². The summed E-state index contributed by atoms with van der Waals surface area (Å²) >= 11 is 5.77. The number of halogens is 2. The van der Waals surface area contributed by atoms with Crippen molar-refractivity contribution in [1.82, 2.24) is 5.32 Å². The zero-order valence-electron chi connectivity index (χ0n) is 12.0. The average molecular weight is 323 g/mol. The second kappa shape index (κ2) is 7.66. The molecular weight excluding hydrogens is 307 g/mol. The highest BCUT2D eigenvalue weighted by molar-refractivity contribution is 6.30. The Hall–Kier alpha value is -2.27. The van der Waals surface area contributed by atoms with Crippen molar-refractivity contribution in [3.05, 3.63) is 58.9 Å². The summed E-state index contributed by atoms with van der Waals surface area (Å²) in [5.41, 5.74) is 1.01. The fraction of sp³-hybridized carbons (Fsp3) is 0.188. The number of carbonyl (C=O) groups is 1. The normalized spacial score (nSPS) is 10.1. The van der Waals surface area contributed by atoms with Crippen LogP contribution < -0.4 is 15.4 Å². The molecule has 0 aliphatic heterocycles. The lowest BCUT2D eigenvalue weighted by Gasteiger charge is -2.09. The first-order valence-electron chi connectivity index (χ1n) is 6.74. The maximum absolute atomic E-state index is 13.1. The number of rotatable bonds is 5. The summed E-state index contributed by atoms with van der Waals surface area (Å²) in [4.78, 5) is 11.7. The third kappa shape index (κ3) is 4.93. The van der Waals surface area contributed by atoms with Gasteiger partial charge < -0.3 is 15.4 Å². The molecule has 0 bridgehead atoms. The Morgan fingerprint density at radius 2 is 1.95 bits per heavy atom. The van der Waals surface area contributed by atoms with Crippen LogP contribution in [0, 0.1) is 12.7 Å². The molecule has 0 unspecified atom stereocenters. The lowest BCUT2D eigenvalue weighted by atomic mass is 10.2. The standard InChI is InChI=1S/C16H16ClFN2O2/c1-11-10-13(4-7-15(11)18)20-16(21)19-8-9-22-14-5-2-12(17)3-6-14/h2-7,10H,8-9H2,1H3,(H2,19,20,21). The van der Waals surface area contributed by atoms with Crippen LogP contribution in [-0.2, 0) is 0 Å². The molecule has 0 spiro atoms. The number of hydrogen-bond acceptors (Lipinski definition) is 2. The van der Waals surface area contributed by atoms with E-state index in [0.717, 1.165) is 0 Å².